The third-order valence-corrected chi connectivity index (χ3v) is 8.05. The highest BCUT2D eigenvalue weighted by Gasteiger charge is 2.39. The number of aryl methyl sites for hydroxylation is 1. The Bertz CT molecular complexity index is 1400. The van der Waals surface area contributed by atoms with Gasteiger partial charge < -0.3 is 9.64 Å². The average Bonchev–Trinajstić information content (AvgIpc) is 3.47. The van der Waals surface area contributed by atoms with Gasteiger partial charge in [0.05, 0.1) is 11.4 Å². The van der Waals surface area contributed by atoms with Crippen LogP contribution in [-0.2, 0) is 29.7 Å². The van der Waals surface area contributed by atoms with Crippen LogP contribution in [0.5, 0.6) is 5.75 Å². The molecule has 2 atom stereocenters. The molecule has 3 aliphatic rings. The Labute approximate surface area is 227 Å². The number of hydrogen-bond donors (Lipinski definition) is 1. The molecule has 3 amide bonds. The molecule has 1 unspecified atom stereocenters. The molecule has 0 bridgehead atoms. The number of amides is 3. The summed E-state index contributed by atoms with van der Waals surface area (Å²) in [6.45, 7) is 2.68. The summed E-state index contributed by atoms with van der Waals surface area (Å²) in [5, 5.41) is 7.13. The van der Waals surface area contributed by atoms with E-state index in [-0.39, 0.29) is 24.3 Å². The SMILES string of the molecule is Cn1nc(CN2CCCC[C@H]2COc2ccc3c(c2)CN(C2CCC(=O)NC2=O)C3=O)cc1-c1ccccc1. The first-order valence-corrected chi connectivity index (χ1v) is 13.7. The second kappa shape index (κ2) is 10.6. The van der Waals surface area contributed by atoms with Crippen LogP contribution in [0.1, 0.15) is 53.7 Å². The lowest BCUT2D eigenvalue weighted by molar-refractivity contribution is -0.136. The van der Waals surface area contributed by atoms with Crippen molar-refractivity contribution in [1.29, 1.82) is 0 Å². The summed E-state index contributed by atoms with van der Waals surface area (Å²) in [6.07, 6.45) is 3.99. The molecule has 39 heavy (non-hydrogen) atoms. The second-order valence-electron chi connectivity index (χ2n) is 10.7. The van der Waals surface area contributed by atoms with E-state index in [1.807, 2.05) is 42.1 Å². The van der Waals surface area contributed by atoms with Crippen LogP contribution in [0.2, 0.25) is 0 Å². The van der Waals surface area contributed by atoms with Crippen molar-refractivity contribution in [3.05, 3.63) is 71.4 Å². The van der Waals surface area contributed by atoms with E-state index < -0.39 is 11.9 Å². The lowest BCUT2D eigenvalue weighted by atomic mass is 10.0. The molecular formula is C30H33N5O4. The van der Waals surface area contributed by atoms with E-state index in [1.54, 1.807) is 11.0 Å². The van der Waals surface area contributed by atoms with Crippen LogP contribution in [0.3, 0.4) is 0 Å². The predicted molar refractivity (Wildman–Crippen MR) is 145 cm³/mol. The fraction of sp³-hybridized carbons (Fsp3) is 0.400. The molecule has 3 aromatic rings. The van der Waals surface area contributed by atoms with Gasteiger partial charge in [-0.25, -0.2) is 0 Å². The van der Waals surface area contributed by atoms with E-state index in [4.69, 9.17) is 9.84 Å². The quantitative estimate of drug-likeness (QED) is 0.474. The van der Waals surface area contributed by atoms with Crippen LogP contribution in [0.25, 0.3) is 11.3 Å². The van der Waals surface area contributed by atoms with Crippen molar-refractivity contribution in [1.82, 2.24) is 24.9 Å². The summed E-state index contributed by atoms with van der Waals surface area (Å²) in [5.74, 6) is -0.131. The number of carbonyl (C=O) groups excluding carboxylic acids is 3. The number of nitrogens with one attached hydrogen (secondary N) is 1. The Hall–Kier alpha value is -3.98. The molecular weight excluding hydrogens is 494 g/mol. The van der Waals surface area contributed by atoms with Crippen molar-refractivity contribution < 1.29 is 19.1 Å². The zero-order chi connectivity index (χ0) is 26.9. The van der Waals surface area contributed by atoms with Crippen LogP contribution >= 0.6 is 0 Å². The number of nitrogens with zero attached hydrogens (tertiary/aromatic N) is 4. The normalized spacial score (nSPS) is 21.7. The maximum absolute atomic E-state index is 13.0. The van der Waals surface area contributed by atoms with Crippen LogP contribution in [-0.4, -0.2) is 62.5 Å². The van der Waals surface area contributed by atoms with E-state index in [9.17, 15) is 14.4 Å². The molecule has 9 nitrogen and oxygen atoms in total. The number of benzene rings is 2. The highest BCUT2D eigenvalue weighted by molar-refractivity contribution is 6.05. The van der Waals surface area contributed by atoms with E-state index in [0.717, 1.165) is 54.2 Å². The average molecular weight is 528 g/mol. The van der Waals surface area contributed by atoms with Gasteiger partial charge in [0.15, 0.2) is 0 Å². The van der Waals surface area contributed by atoms with Gasteiger partial charge in [-0.1, -0.05) is 36.8 Å². The number of likely N-dealkylation sites (tertiary alicyclic amines) is 1. The van der Waals surface area contributed by atoms with Crippen LogP contribution in [0, 0.1) is 0 Å². The molecule has 2 fully saturated rings. The molecule has 1 N–H and O–H groups in total. The van der Waals surface area contributed by atoms with Crippen molar-refractivity contribution in [2.75, 3.05) is 13.2 Å². The summed E-state index contributed by atoms with van der Waals surface area (Å²) >= 11 is 0. The van der Waals surface area contributed by atoms with E-state index in [2.05, 4.69) is 28.4 Å². The number of ether oxygens (including phenoxy) is 1. The summed E-state index contributed by atoms with van der Waals surface area (Å²) in [6, 6.07) is 17.7. The van der Waals surface area contributed by atoms with Gasteiger partial charge in [-0.05, 0) is 61.2 Å². The Balaban J connectivity index is 1.10. The molecule has 2 aromatic carbocycles. The lowest BCUT2D eigenvalue weighted by Gasteiger charge is -2.35. The smallest absolute Gasteiger partial charge is 0.255 e. The van der Waals surface area contributed by atoms with Gasteiger partial charge in [0.2, 0.25) is 11.8 Å². The number of piperidine rings is 2. The van der Waals surface area contributed by atoms with Crippen molar-refractivity contribution in [2.45, 2.75) is 57.3 Å². The molecule has 9 heteroatoms. The first kappa shape index (κ1) is 25.3. The topological polar surface area (TPSA) is 96.8 Å². The van der Waals surface area contributed by atoms with E-state index in [1.165, 1.54) is 6.42 Å². The maximum atomic E-state index is 13.0. The minimum absolute atomic E-state index is 0.172. The molecule has 2 saturated heterocycles. The van der Waals surface area contributed by atoms with E-state index >= 15 is 0 Å². The molecule has 0 saturated carbocycles. The first-order valence-electron chi connectivity index (χ1n) is 13.7. The van der Waals surface area contributed by atoms with Gasteiger partial charge in [0.1, 0.15) is 18.4 Å². The highest BCUT2D eigenvalue weighted by atomic mass is 16.5. The summed E-state index contributed by atoms with van der Waals surface area (Å²) in [7, 11) is 1.99. The highest BCUT2D eigenvalue weighted by Crippen LogP contribution is 2.31. The number of imide groups is 1. The van der Waals surface area contributed by atoms with Crippen LogP contribution < -0.4 is 10.1 Å². The Kier molecular flexibility index (Phi) is 6.91. The Morgan fingerprint density at radius 1 is 1.03 bits per heavy atom. The largest absolute Gasteiger partial charge is 0.492 e. The van der Waals surface area contributed by atoms with E-state index in [0.29, 0.717) is 25.1 Å². The summed E-state index contributed by atoms with van der Waals surface area (Å²) in [4.78, 5) is 40.9. The number of fused-ring (bicyclic) bond motifs is 1. The molecule has 0 spiro atoms. The van der Waals surface area contributed by atoms with Gasteiger partial charge >= 0.3 is 0 Å². The number of carbonyl (C=O) groups is 3. The maximum Gasteiger partial charge on any atom is 0.255 e. The third-order valence-electron chi connectivity index (χ3n) is 8.05. The van der Waals surface area contributed by atoms with Gasteiger partial charge in [0, 0.05) is 38.2 Å². The Morgan fingerprint density at radius 3 is 2.69 bits per heavy atom. The number of hydrogen-bond acceptors (Lipinski definition) is 6. The zero-order valence-corrected chi connectivity index (χ0v) is 22.1. The van der Waals surface area contributed by atoms with Gasteiger partial charge in [-0.2, -0.15) is 5.10 Å². The summed E-state index contributed by atoms with van der Waals surface area (Å²) in [5.41, 5.74) is 4.76. The van der Waals surface area contributed by atoms with Gasteiger partial charge in [-0.15, -0.1) is 0 Å². The van der Waals surface area contributed by atoms with Crippen LogP contribution in [0.4, 0.5) is 0 Å². The minimum atomic E-state index is -0.614. The molecule has 6 rings (SSSR count). The zero-order valence-electron chi connectivity index (χ0n) is 22.1. The van der Waals surface area contributed by atoms with Crippen molar-refractivity contribution >= 4 is 17.7 Å². The molecule has 202 valence electrons. The third kappa shape index (κ3) is 5.18. The minimum Gasteiger partial charge on any atom is -0.492 e. The molecule has 3 aliphatic heterocycles. The number of rotatable bonds is 7. The molecule has 0 aliphatic carbocycles. The Morgan fingerprint density at radius 2 is 1.87 bits per heavy atom. The van der Waals surface area contributed by atoms with Crippen molar-refractivity contribution in [3.8, 4) is 17.0 Å². The predicted octanol–water partition coefficient (Wildman–Crippen LogP) is 3.28. The monoisotopic (exact) mass is 527 g/mol. The number of aromatic nitrogens is 2. The van der Waals surface area contributed by atoms with Gasteiger partial charge in [-0.3, -0.25) is 29.3 Å². The molecule has 0 radical (unpaired) electrons. The fourth-order valence-corrected chi connectivity index (χ4v) is 5.98. The second-order valence-corrected chi connectivity index (χ2v) is 10.7. The summed E-state index contributed by atoms with van der Waals surface area (Å²) < 4.78 is 8.22. The lowest BCUT2D eigenvalue weighted by Crippen LogP contribution is -2.52. The first-order chi connectivity index (χ1) is 19.0. The fourth-order valence-electron chi connectivity index (χ4n) is 5.98. The standard InChI is InChI=1S/C30H33N5O4/c1-33-27(20-7-3-2-4-8-20)16-22(32-33)18-34-14-6-5-9-23(34)19-39-24-10-11-25-21(15-24)17-35(30(25)38)26-12-13-28(36)31-29(26)37/h2-4,7-8,10-11,15-16,23,26H,5-6,9,12-14,17-19H2,1H3,(H,31,36,37)/t23-,26?/m0/s1. The van der Waals surface area contributed by atoms with Crippen LogP contribution in [0.15, 0.2) is 54.6 Å². The molecule has 4 heterocycles. The van der Waals surface area contributed by atoms with Gasteiger partial charge in [0.25, 0.3) is 5.91 Å². The van der Waals surface area contributed by atoms with Crippen molar-refractivity contribution in [2.24, 2.45) is 7.05 Å². The molecule has 1 aromatic heterocycles. The van der Waals surface area contributed by atoms with Crippen molar-refractivity contribution in [3.63, 3.8) is 0 Å².